The molecule has 10 nitrogen and oxygen atoms in total. The quantitative estimate of drug-likeness (QED) is 0.540. The summed E-state index contributed by atoms with van der Waals surface area (Å²) in [6, 6.07) is 4.22. The Kier molecular flexibility index (Phi) is 8.17. The van der Waals surface area contributed by atoms with Gasteiger partial charge in [0, 0.05) is 13.1 Å². The van der Waals surface area contributed by atoms with E-state index in [0.717, 1.165) is 0 Å². The van der Waals surface area contributed by atoms with Crippen molar-refractivity contribution in [1.29, 1.82) is 0 Å². The van der Waals surface area contributed by atoms with Crippen LogP contribution >= 0.6 is 0 Å². The summed E-state index contributed by atoms with van der Waals surface area (Å²) in [5.74, 6) is -1.36. The van der Waals surface area contributed by atoms with Crippen LogP contribution in [0.15, 0.2) is 40.4 Å². The zero-order valence-corrected chi connectivity index (χ0v) is 18.7. The van der Waals surface area contributed by atoms with Crippen molar-refractivity contribution in [3.05, 3.63) is 41.1 Å². The molecule has 31 heavy (non-hydrogen) atoms. The smallest absolute Gasteiger partial charge is 0.338 e. The van der Waals surface area contributed by atoms with Gasteiger partial charge in [-0.1, -0.05) is 13.8 Å². The van der Waals surface area contributed by atoms with Gasteiger partial charge < -0.3 is 20.1 Å². The van der Waals surface area contributed by atoms with Crippen LogP contribution in [0.4, 0.5) is 4.79 Å². The molecule has 1 atom stereocenters. The number of ether oxygens (including phenoxy) is 2. The summed E-state index contributed by atoms with van der Waals surface area (Å²) in [5.41, 5.74) is 0.420. The molecular formula is C20H27N3O7S. The number of rotatable bonds is 9. The molecule has 1 aromatic rings. The number of carbonyl (C=O) groups excluding carboxylic acids is 3. The van der Waals surface area contributed by atoms with Crippen LogP contribution < -0.4 is 10.6 Å². The first-order valence-electron chi connectivity index (χ1n) is 9.90. The van der Waals surface area contributed by atoms with Gasteiger partial charge in [-0.25, -0.2) is 22.8 Å². The third kappa shape index (κ3) is 5.61. The fourth-order valence-electron chi connectivity index (χ4n) is 3.09. The van der Waals surface area contributed by atoms with Gasteiger partial charge in [0.2, 0.25) is 10.0 Å². The van der Waals surface area contributed by atoms with Gasteiger partial charge >= 0.3 is 18.0 Å². The Bertz CT molecular complexity index is 967. The number of esters is 2. The minimum absolute atomic E-state index is 0.0690. The maximum absolute atomic E-state index is 12.5. The van der Waals surface area contributed by atoms with E-state index in [2.05, 4.69) is 10.6 Å². The normalized spacial score (nSPS) is 16.5. The number of hydrogen-bond donors (Lipinski definition) is 2. The second-order valence-corrected chi connectivity index (χ2v) is 8.56. The third-order valence-electron chi connectivity index (χ3n) is 4.65. The molecule has 0 bridgehead atoms. The summed E-state index contributed by atoms with van der Waals surface area (Å²) in [6.45, 7) is 7.21. The van der Waals surface area contributed by atoms with Crippen molar-refractivity contribution in [2.75, 3.05) is 26.3 Å². The summed E-state index contributed by atoms with van der Waals surface area (Å²) in [6.07, 6.45) is 0. The van der Waals surface area contributed by atoms with Gasteiger partial charge in [0.05, 0.1) is 34.4 Å². The summed E-state index contributed by atoms with van der Waals surface area (Å²) in [7, 11) is -3.64. The fourth-order valence-corrected chi connectivity index (χ4v) is 4.55. The second kappa shape index (κ2) is 10.4. The van der Waals surface area contributed by atoms with E-state index >= 15 is 0 Å². The van der Waals surface area contributed by atoms with Gasteiger partial charge in [-0.15, -0.1) is 0 Å². The average molecular weight is 454 g/mol. The SMILES string of the molecule is CCOC(=O)C1=C(COC(=O)c2ccc(S(=O)(=O)N(CC)CC)cc2)NC(=O)NC1C. The molecule has 0 spiro atoms. The lowest BCUT2D eigenvalue weighted by molar-refractivity contribution is -0.139. The largest absolute Gasteiger partial charge is 0.463 e. The highest BCUT2D eigenvalue weighted by Crippen LogP contribution is 2.18. The van der Waals surface area contributed by atoms with E-state index in [-0.39, 0.29) is 34.9 Å². The minimum atomic E-state index is -3.64. The molecule has 0 saturated carbocycles. The Morgan fingerprint density at radius 3 is 2.19 bits per heavy atom. The van der Waals surface area contributed by atoms with Crippen molar-refractivity contribution in [3.8, 4) is 0 Å². The molecule has 1 aliphatic heterocycles. The molecule has 11 heteroatoms. The van der Waals surface area contributed by atoms with Crippen LogP contribution in [0.5, 0.6) is 0 Å². The third-order valence-corrected chi connectivity index (χ3v) is 6.71. The number of benzene rings is 1. The fraction of sp³-hybridized carbons (Fsp3) is 0.450. The summed E-state index contributed by atoms with van der Waals surface area (Å²) < 4.78 is 36.6. The molecule has 170 valence electrons. The van der Waals surface area contributed by atoms with Crippen LogP contribution in [-0.4, -0.2) is 63.0 Å². The molecule has 2 amide bonds. The standard InChI is InChI=1S/C20H27N3O7S/c1-5-23(6-2)31(27,28)15-10-8-14(9-11-15)18(24)30-12-16-17(19(25)29-7-3)13(4)21-20(26)22-16/h8-11,13H,5-7,12H2,1-4H3,(H2,21,22,26). The second-order valence-electron chi connectivity index (χ2n) is 6.62. The van der Waals surface area contributed by atoms with E-state index in [1.807, 2.05) is 0 Å². The van der Waals surface area contributed by atoms with Gasteiger partial charge in [-0.3, -0.25) is 0 Å². The Hall–Kier alpha value is -2.92. The van der Waals surface area contributed by atoms with Gasteiger partial charge in [0.25, 0.3) is 0 Å². The van der Waals surface area contributed by atoms with E-state index in [4.69, 9.17) is 9.47 Å². The molecule has 1 heterocycles. The van der Waals surface area contributed by atoms with E-state index in [0.29, 0.717) is 13.1 Å². The molecule has 2 N–H and O–H groups in total. The van der Waals surface area contributed by atoms with E-state index in [9.17, 15) is 22.8 Å². The zero-order chi connectivity index (χ0) is 23.2. The van der Waals surface area contributed by atoms with Crippen LogP contribution in [0.2, 0.25) is 0 Å². The van der Waals surface area contributed by atoms with E-state index in [1.165, 1.54) is 28.6 Å². The molecule has 0 aliphatic carbocycles. The summed E-state index contributed by atoms with van der Waals surface area (Å²) in [4.78, 5) is 36.4. The van der Waals surface area contributed by atoms with Gasteiger partial charge in [0.1, 0.15) is 6.61 Å². The Morgan fingerprint density at radius 1 is 1.03 bits per heavy atom. The van der Waals surface area contributed by atoms with Crippen molar-refractivity contribution < 1.29 is 32.3 Å². The van der Waals surface area contributed by atoms with Gasteiger partial charge in [0.15, 0.2) is 0 Å². The average Bonchev–Trinajstić information content (AvgIpc) is 2.72. The highest BCUT2D eigenvalue weighted by atomic mass is 32.2. The number of sulfonamides is 1. The van der Waals surface area contributed by atoms with Crippen LogP contribution in [0.25, 0.3) is 0 Å². The predicted molar refractivity (Wildman–Crippen MR) is 112 cm³/mol. The lowest BCUT2D eigenvalue weighted by atomic mass is 10.0. The first kappa shape index (κ1) is 24.4. The maximum atomic E-state index is 12.5. The van der Waals surface area contributed by atoms with Crippen molar-refractivity contribution in [1.82, 2.24) is 14.9 Å². The molecule has 1 aliphatic rings. The Morgan fingerprint density at radius 2 is 1.65 bits per heavy atom. The molecule has 0 fully saturated rings. The first-order chi connectivity index (χ1) is 14.6. The molecular weight excluding hydrogens is 426 g/mol. The highest BCUT2D eigenvalue weighted by molar-refractivity contribution is 7.89. The van der Waals surface area contributed by atoms with Crippen molar-refractivity contribution in [2.24, 2.45) is 0 Å². The predicted octanol–water partition coefficient (Wildman–Crippen LogP) is 1.39. The molecule has 0 aromatic heterocycles. The monoisotopic (exact) mass is 453 g/mol. The molecule has 2 rings (SSSR count). The summed E-state index contributed by atoms with van der Waals surface area (Å²) >= 11 is 0. The number of nitrogens with one attached hydrogen (secondary N) is 2. The number of urea groups is 1. The van der Waals surface area contributed by atoms with Crippen LogP contribution in [0.1, 0.15) is 38.1 Å². The molecule has 1 aromatic carbocycles. The number of nitrogens with zero attached hydrogens (tertiary/aromatic N) is 1. The molecule has 1 unspecified atom stereocenters. The van der Waals surface area contributed by atoms with Crippen molar-refractivity contribution >= 4 is 28.0 Å². The molecule has 0 radical (unpaired) electrons. The lowest BCUT2D eigenvalue weighted by Gasteiger charge is -2.26. The topological polar surface area (TPSA) is 131 Å². The minimum Gasteiger partial charge on any atom is -0.463 e. The number of amides is 2. The summed E-state index contributed by atoms with van der Waals surface area (Å²) in [5, 5.41) is 5.01. The van der Waals surface area contributed by atoms with Gasteiger partial charge in [-0.05, 0) is 38.1 Å². The van der Waals surface area contributed by atoms with Gasteiger partial charge in [-0.2, -0.15) is 4.31 Å². The van der Waals surface area contributed by atoms with Crippen LogP contribution in [-0.2, 0) is 24.3 Å². The van der Waals surface area contributed by atoms with Crippen molar-refractivity contribution in [3.63, 3.8) is 0 Å². The van der Waals surface area contributed by atoms with E-state index in [1.54, 1.807) is 27.7 Å². The highest BCUT2D eigenvalue weighted by Gasteiger charge is 2.30. The van der Waals surface area contributed by atoms with Crippen LogP contribution in [0, 0.1) is 0 Å². The lowest BCUT2D eigenvalue weighted by Crippen LogP contribution is -2.50. The van der Waals surface area contributed by atoms with E-state index < -0.39 is 34.0 Å². The van der Waals surface area contributed by atoms with Crippen LogP contribution in [0.3, 0.4) is 0 Å². The maximum Gasteiger partial charge on any atom is 0.338 e. The first-order valence-corrected chi connectivity index (χ1v) is 11.3. The number of carbonyl (C=O) groups is 3. The Labute approximate surface area is 181 Å². The zero-order valence-electron chi connectivity index (χ0n) is 17.9. The number of hydrogen-bond acceptors (Lipinski definition) is 7. The van der Waals surface area contributed by atoms with Crippen molar-refractivity contribution in [2.45, 2.75) is 38.6 Å². The Balaban J connectivity index is 2.17. The molecule has 0 saturated heterocycles.